The molecular weight excluding hydrogens is 112 g/mol. The van der Waals surface area contributed by atoms with Crippen molar-refractivity contribution in [1.29, 1.82) is 0 Å². The first-order valence-electron chi connectivity index (χ1n) is 3.17. The highest BCUT2D eigenvalue weighted by molar-refractivity contribution is 5.78. The van der Waals surface area contributed by atoms with Gasteiger partial charge in [0.2, 0.25) is 0 Å². The monoisotopic (exact) mass is 124 g/mol. The molecule has 0 heterocycles. The van der Waals surface area contributed by atoms with E-state index in [-0.39, 0.29) is 0 Å². The minimum atomic E-state index is 0.307. The van der Waals surface area contributed by atoms with Gasteiger partial charge >= 0.3 is 0 Å². The van der Waals surface area contributed by atoms with Crippen molar-refractivity contribution in [2.24, 2.45) is 0 Å². The largest absolute Gasteiger partial charge is 0.300 e. The highest BCUT2D eigenvalue weighted by Crippen LogP contribution is 1.93. The van der Waals surface area contributed by atoms with E-state index in [0.29, 0.717) is 18.6 Å². The number of hydrogen-bond acceptors (Lipinski definition) is 1. The molecule has 0 aromatic heterocycles. The number of hydrogen-bond donors (Lipinski definition) is 0. The van der Waals surface area contributed by atoms with Gasteiger partial charge in [0.25, 0.3) is 0 Å². The Morgan fingerprint density at radius 2 is 2.44 bits per heavy atom. The van der Waals surface area contributed by atoms with Gasteiger partial charge in [0.15, 0.2) is 0 Å². The van der Waals surface area contributed by atoms with E-state index < -0.39 is 0 Å². The second-order valence-corrected chi connectivity index (χ2v) is 1.84. The molecule has 0 saturated carbocycles. The van der Waals surface area contributed by atoms with Gasteiger partial charge in [-0.1, -0.05) is 13.5 Å². The van der Waals surface area contributed by atoms with Gasteiger partial charge in [0, 0.05) is 12.8 Å². The fourth-order valence-corrected chi connectivity index (χ4v) is 0.512. The van der Waals surface area contributed by atoms with Crippen LogP contribution in [0.5, 0.6) is 0 Å². The Balaban J connectivity index is 3.27. The van der Waals surface area contributed by atoms with Crippen LogP contribution in [0.3, 0.4) is 0 Å². The number of carbonyl (C=O) groups excluding carboxylic acids is 1. The van der Waals surface area contributed by atoms with Crippen LogP contribution in [0.2, 0.25) is 0 Å². The summed E-state index contributed by atoms with van der Waals surface area (Å²) in [6, 6.07) is 0. The SMILES string of the molecule is C=C=CCCC(=O)CC. The lowest BCUT2D eigenvalue weighted by molar-refractivity contribution is -0.118. The zero-order chi connectivity index (χ0) is 7.11. The normalized spacial score (nSPS) is 8.11. The lowest BCUT2D eigenvalue weighted by Gasteiger charge is -1.88. The van der Waals surface area contributed by atoms with Crippen LogP contribution in [-0.2, 0) is 4.79 Å². The van der Waals surface area contributed by atoms with Gasteiger partial charge < -0.3 is 0 Å². The van der Waals surface area contributed by atoms with Crippen LogP contribution in [0.25, 0.3) is 0 Å². The highest BCUT2D eigenvalue weighted by Gasteiger charge is 1.92. The summed E-state index contributed by atoms with van der Waals surface area (Å²) in [5, 5.41) is 0. The quantitative estimate of drug-likeness (QED) is 0.524. The molecule has 0 fully saturated rings. The molecule has 0 amide bonds. The first-order chi connectivity index (χ1) is 4.31. The number of Topliss-reactive ketones (excluding diaryl/α,β-unsaturated/α-hetero) is 1. The Labute approximate surface area is 56.1 Å². The molecule has 0 spiro atoms. The fourth-order valence-electron chi connectivity index (χ4n) is 0.512. The number of rotatable bonds is 4. The summed E-state index contributed by atoms with van der Waals surface area (Å²) in [5.74, 6) is 0.307. The Hall–Kier alpha value is -0.810. The summed E-state index contributed by atoms with van der Waals surface area (Å²) in [7, 11) is 0. The topological polar surface area (TPSA) is 17.1 Å². The van der Waals surface area contributed by atoms with E-state index in [4.69, 9.17) is 0 Å². The fraction of sp³-hybridized carbons (Fsp3) is 0.500. The van der Waals surface area contributed by atoms with Crippen molar-refractivity contribution in [2.75, 3.05) is 0 Å². The molecule has 0 N–H and O–H groups in total. The van der Waals surface area contributed by atoms with Crippen LogP contribution in [0.15, 0.2) is 18.4 Å². The molecular formula is C8H12O. The van der Waals surface area contributed by atoms with Crippen LogP contribution >= 0.6 is 0 Å². The summed E-state index contributed by atoms with van der Waals surface area (Å²) in [6.07, 6.45) is 3.85. The Morgan fingerprint density at radius 3 is 2.89 bits per heavy atom. The first-order valence-corrected chi connectivity index (χ1v) is 3.17. The van der Waals surface area contributed by atoms with Gasteiger partial charge in [0.1, 0.15) is 5.78 Å². The maximum absolute atomic E-state index is 10.6. The van der Waals surface area contributed by atoms with Crippen LogP contribution in [0.1, 0.15) is 26.2 Å². The van der Waals surface area contributed by atoms with Gasteiger partial charge in [-0.05, 0) is 12.5 Å². The van der Waals surface area contributed by atoms with Gasteiger partial charge in [-0.2, -0.15) is 0 Å². The first kappa shape index (κ1) is 8.19. The Bertz CT molecular complexity index is 130. The van der Waals surface area contributed by atoms with Gasteiger partial charge in [-0.25, -0.2) is 0 Å². The van der Waals surface area contributed by atoms with Crippen molar-refractivity contribution in [3.05, 3.63) is 18.4 Å². The molecule has 50 valence electrons. The predicted octanol–water partition coefficient (Wildman–Crippen LogP) is 2.09. The molecule has 0 atom stereocenters. The molecule has 0 bridgehead atoms. The average Bonchev–Trinajstić information content (AvgIpc) is 1.89. The molecule has 0 aliphatic carbocycles. The molecule has 0 aliphatic heterocycles. The summed E-state index contributed by atoms with van der Waals surface area (Å²) >= 11 is 0. The van der Waals surface area contributed by atoms with Crippen molar-refractivity contribution in [3.63, 3.8) is 0 Å². The summed E-state index contributed by atoms with van der Waals surface area (Å²) < 4.78 is 0. The van der Waals surface area contributed by atoms with E-state index in [1.807, 2.05) is 6.92 Å². The molecule has 0 saturated heterocycles. The standard InChI is InChI=1S/C8H12O/c1-3-5-6-7-8(9)4-2/h5H,1,4,6-7H2,2H3. The Morgan fingerprint density at radius 1 is 1.78 bits per heavy atom. The van der Waals surface area contributed by atoms with Gasteiger partial charge in [-0.3, -0.25) is 4.79 Å². The highest BCUT2D eigenvalue weighted by atomic mass is 16.1. The van der Waals surface area contributed by atoms with Crippen molar-refractivity contribution in [1.82, 2.24) is 0 Å². The lowest BCUT2D eigenvalue weighted by Crippen LogP contribution is -1.91. The van der Waals surface area contributed by atoms with E-state index in [0.717, 1.165) is 6.42 Å². The van der Waals surface area contributed by atoms with Crippen LogP contribution in [0.4, 0.5) is 0 Å². The maximum atomic E-state index is 10.6. The second kappa shape index (κ2) is 5.33. The second-order valence-electron chi connectivity index (χ2n) is 1.84. The smallest absolute Gasteiger partial charge is 0.132 e. The van der Waals surface area contributed by atoms with Gasteiger partial charge in [-0.15, -0.1) is 5.73 Å². The molecule has 9 heavy (non-hydrogen) atoms. The minimum Gasteiger partial charge on any atom is -0.300 e. The third-order valence-corrected chi connectivity index (χ3v) is 1.11. The zero-order valence-electron chi connectivity index (χ0n) is 5.81. The third-order valence-electron chi connectivity index (χ3n) is 1.11. The molecule has 0 radical (unpaired) electrons. The number of carbonyl (C=O) groups is 1. The molecule has 0 aromatic carbocycles. The van der Waals surface area contributed by atoms with Crippen molar-refractivity contribution in [2.45, 2.75) is 26.2 Å². The minimum absolute atomic E-state index is 0.307. The average molecular weight is 124 g/mol. The van der Waals surface area contributed by atoms with Crippen LogP contribution in [-0.4, -0.2) is 5.78 Å². The molecule has 1 nitrogen and oxygen atoms in total. The van der Waals surface area contributed by atoms with E-state index >= 15 is 0 Å². The number of ketones is 1. The van der Waals surface area contributed by atoms with E-state index in [9.17, 15) is 4.79 Å². The maximum Gasteiger partial charge on any atom is 0.132 e. The molecule has 0 rings (SSSR count). The van der Waals surface area contributed by atoms with Crippen LogP contribution < -0.4 is 0 Å². The van der Waals surface area contributed by atoms with Crippen molar-refractivity contribution < 1.29 is 4.79 Å². The van der Waals surface area contributed by atoms with E-state index in [2.05, 4.69) is 12.3 Å². The summed E-state index contributed by atoms with van der Waals surface area (Å²) in [4.78, 5) is 10.6. The van der Waals surface area contributed by atoms with Gasteiger partial charge in [0.05, 0.1) is 0 Å². The third kappa shape index (κ3) is 5.05. The zero-order valence-corrected chi connectivity index (χ0v) is 5.81. The number of allylic oxidation sites excluding steroid dienone is 1. The molecule has 0 aromatic rings. The Kier molecular flexibility index (Phi) is 4.85. The van der Waals surface area contributed by atoms with Crippen molar-refractivity contribution >= 4 is 5.78 Å². The summed E-state index contributed by atoms with van der Waals surface area (Å²) in [6.45, 7) is 5.27. The molecule has 0 unspecified atom stereocenters. The summed E-state index contributed by atoms with van der Waals surface area (Å²) in [5.41, 5.74) is 2.62. The van der Waals surface area contributed by atoms with E-state index in [1.54, 1.807) is 6.08 Å². The van der Waals surface area contributed by atoms with E-state index in [1.165, 1.54) is 0 Å². The van der Waals surface area contributed by atoms with Crippen molar-refractivity contribution in [3.8, 4) is 0 Å². The molecule has 1 heteroatoms. The molecule has 0 aliphatic rings. The van der Waals surface area contributed by atoms with Crippen LogP contribution in [0, 0.1) is 0 Å². The lowest BCUT2D eigenvalue weighted by atomic mass is 10.2. The predicted molar refractivity (Wildman–Crippen MR) is 38.2 cm³/mol.